The number of benzene rings is 1. The smallest absolute Gasteiger partial charge is 0.338 e. The number of nitro groups is 1. The number of hydrogen-bond donors (Lipinski definition) is 0. The zero-order chi connectivity index (χ0) is 17.7. The van der Waals surface area contributed by atoms with Gasteiger partial charge in [0, 0.05) is 43.9 Å². The Kier molecular flexibility index (Phi) is 5.86. The Morgan fingerprint density at radius 3 is 2.29 bits per heavy atom. The lowest BCUT2D eigenvalue weighted by molar-refractivity contribution is -0.384. The van der Waals surface area contributed by atoms with Crippen molar-refractivity contribution in [3.05, 3.63) is 39.4 Å². The van der Waals surface area contributed by atoms with Crippen molar-refractivity contribution in [2.24, 2.45) is 0 Å². The van der Waals surface area contributed by atoms with E-state index in [2.05, 4.69) is 11.8 Å². The lowest BCUT2D eigenvalue weighted by Gasteiger charge is -2.34. The fourth-order valence-electron chi connectivity index (χ4n) is 2.62. The van der Waals surface area contributed by atoms with E-state index in [0.717, 1.165) is 25.7 Å². The molecule has 0 N–H and O–H groups in total. The minimum Gasteiger partial charge on any atom is -0.462 e. The second kappa shape index (κ2) is 7.87. The number of nitrogens with zero attached hydrogens (tertiary/aromatic N) is 3. The number of carbonyl (C=O) groups excluding carboxylic acids is 2. The molecule has 0 aliphatic carbocycles. The van der Waals surface area contributed by atoms with E-state index in [-0.39, 0.29) is 29.3 Å². The van der Waals surface area contributed by atoms with Gasteiger partial charge in [-0.3, -0.25) is 14.9 Å². The highest BCUT2D eigenvalue weighted by Crippen LogP contribution is 2.20. The van der Waals surface area contributed by atoms with Crippen molar-refractivity contribution in [2.45, 2.75) is 13.8 Å². The predicted octanol–water partition coefficient (Wildman–Crippen LogP) is 1.55. The van der Waals surface area contributed by atoms with E-state index in [1.165, 1.54) is 12.1 Å². The molecule has 0 saturated carbocycles. The van der Waals surface area contributed by atoms with Gasteiger partial charge in [0.15, 0.2) is 0 Å². The Morgan fingerprint density at radius 1 is 1.12 bits per heavy atom. The Balaban J connectivity index is 2.26. The van der Waals surface area contributed by atoms with Crippen LogP contribution in [-0.2, 0) is 4.74 Å². The minimum absolute atomic E-state index is 0.0154. The van der Waals surface area contributed by atoms with Crippen molar-refractivity contribution in [2.75, 3.05) is 39.3 Å². The van der Waals surface area contributed by atoms with Gasteiger partial charge in [-0.2, -0.15) is 0 Å². The summed E-state index contributed by atoms with van der Waals surface area (Å²) in [4.78, 5) is 38.9. The molecule has 1 saturated heterocycles. The van der Waals surface area contributed by atoms with Crippen molar-refractivity contribution in [3.63, 3.8) is 0 Å². The molecule has 1 fully saturated rings. The Morgan fingerprint density at radius 2 is 1.75 bits per heavy atom. The number of likely N-dealkylation sites (N-methyl/N-ethyl adjacent to an activating group) is 1. The zero-order valence-electron chi connectivity index (χ0n) is 13.9. The van der Waals surface area contributed by atoms with Crippen molar-refractivity contribution in [1.82, 2.24) is 9.80 Å². The summed E-state index contributed by atoms with van der Waals surface area (Å²) in [6.45, 7) is 7.44. The molecule has 1 aliphatic heterocycles. The van der Waals surface area contributed by atoms with Gasteiger partial charge in [-0.1, -0.05) is 6.92 Å². The molecule has 2 rings (SSSR count). The van der Waals surface area contributed by atoms with E-state index in [1.807, 2.05) is 0 Å². The van der Waals surface area contributed by atoms with Gasteiger partial charge in [0.05, 0.1) is 17.1 Å². The lowest BCUT2D eigenvalue weighted by atomic mass is 10.1. The van der Waals surface area contributed by atoms with Crippen molar-refractivity contribution in [1.29, 1.82) is 0 Å². The molecule has 0 spiro atoms. The number of non-ortho nitro benzene ring substituents is 1. The molecule has 130 valence electrons. The van der Waals surface area contributed by atoms with Gasteiger partial charge in [-0.25, -0.2) is 4.79 Å². The molecule has 0 atom stereocenters. The first-order chi connectivity index (χ1) is 11.5. The summed E-state index contributed by atoms with van der Waals surface area (Å²) in [7, 11) is 0. The van der Waals surface area contributed by atoms with E-state index in [1.54, 1.807) is 11.8 Å². The molecule has 0 bridgehead atoms. The van der Waals surface area contributed by atoms with E-state index >= 15 is 0 Å². The maximum Gasteiger partial charge on any atom is 0.338 e. The molecule has 8 heteroatoms. The second-order valence-electron chi connectivity index (χ2n) is 5.47. The normalized spacial score (nSPS) is 15.2. The molecule has 1 amide bonds. The van der Waals surface area contributed by atoms with Crippen molar-refractivity contribution in [3.8, 4) is 0 Å². The molecule has 8 nitrogen and oxygen atoms in total. The maximum atomic E-state index is 12.6. The molecular weight excluding hydrogens is 314 g/mol. The fourth-order valence-corrected chi connectivity index (χ4v) is 2.62. The van der Waals surface area contributed by atoms with Crippen LogP contribution in [0, 0.1) is 10.1 Å². The van der Waals surface area contributed by atoms with E-state index in [4.69, 9.17) is 4.74 Å². The molecule has 1 heterocycles. The van der Waals surface area contributed by atoms with Gasteiger partial charge >= 0.3 is 5.97 Å². The molecular formula is C16H21N3O5. The summed E-state index contributed by atoms with van der Waals surface area (Å²) in [6, 6.07) is 3.70. The highest BCUT2D eigenvalue weighted by molar-refractivity contribution is 5.99. The number of piperazine rings is 1. The topological polar surface area (TPSA) is 93.0 Å². The maximum absolute atomic E-state index is 12.6. The van der Waals surface area contributed by atoms with Crippen LogP contribution in [0.3, 0.4) is 0 Å². The number of hydrogen-bond acceptors (Lipinski definition) is 6. The third-order valence-electron chi connectivity index (χ3n) is 3.99. The van der Waals surface area contributed by atoms with E-state index in [0.29, 0.717) is 13.1 Å². The van der Waals surface area contributed by atoms with Crippen LogP contribution in [0.5, 0.6) is 0 Å². The van der Waals surface area contributed by atoms with Gasteiger partial charge in [-0.05, 0) is 19.5 Å². The molecule has 1 aromatic carbocycles. The first-order valence-corrected chi connectivity index (χ1v) is 7.94. The van der Waals surface area contributed by atoms with Gasteiger partial charge in [0.25, 0.3) is 11.6 Å². The number of carbonyl (C=O) groups is 2. The Bertz CT molecular complexity index is 639. The third-order valence-corrected chi connectivity index (χ3v) is 3.99. The second-order valence-corrected chi connectivity index (χ2v) is 5.47. The van der Waals surface area contributed by atoms with Gasteiger partial charge in [0.2, 0.25) is 0 Å². The SMILES string of the molecule is CCOC(=O)c1cc(C(=O)N2CCN(CC)CC2)cc([N+](=O)[O-])c1. The van der Waals surface area contributed by atoms with Crippen LogP contribution >= 0.6 is 0 Å². The zero-order valence-corrected chi connectivity index (χ0v) is 13.9. The summed E-state index contributed by atoms with van der Waals surface area (Å²) in [6.07, 6.45) is 0. The first-order valence-electron chi connectivity index (χ1n) is 7.94. The van der Waals surface area contributed by atoms with Crippen LogP contribution < -0.4 is 0 Å². The Hall–Kier alpha value is -2.48. The quantitative estimate of drug-likeness (QED) is 0.460. The highest BCUT2D eigenvalue weighted by atomic mass is 16.6. The third kappa shape index (κ3) is 4.08. The summed E-state index contributed by atoms with van der Waals surface area (Å²) in [5, 5.41) is 11.1. The van der Waals surface area contributed by atoms with Gasteiger partial charge in [0.1, 0.15) is 0 Å². The molecule has 0 aromatic heterocycles. The summed E-state index contributed by atoms with van der Waals surface area (Å²) >= 11 is 0. The number of esters is 1. The van der Waals surface area contributed by atoms with Crippen LogP contribution in [-0.4, -0.2) is 65.9 Å². The molecule has 0 radical (unpaired) electrons. The van der Waals surface area contributed by atoms with Gasteiger partial charge < -0.3 is 14.5 Å². The largest absolute Gasteiger partial charge is 0.462 e. The van der Waals surface area contributed by atoms with Crippen molar-refractivity contribution >= 4 is 17.6 Å². The van der Waals surface area contributed by atoms with Gasteiger partial charge in [-0.15, -0.1) is 0 Å². The minimum atomic E-state index is -0.675. The monoisotopic (exact) mass is 335 g/mol. The number of rotatable bonds is 5. The standard InChI is InChI=1S/C16H21N3O5/c1-3-17-5-7-18(8-6-17)15(20)12-9-13(16(21)24-4-2)11-14(10-12)19(22)23/h9-11H,3-8H2,1-2H3. The number of amides is 1. The molecule has 1 aromatic rings. The number of ether oxygens (including phenoxy) is 1. The predicted molar refractivity (Wildman–Crippen MR) is 87.1 cm³/mol. The van der Waals surface area contributed by atoms with Crippen LogP contribution in [0.15, 0.2) is 18.2 Å². The molecule has 24 heavy (non-hydrogen) atoms. The lowest BCUT2D eigenvalue weighted by Crippen LogP contribution is -2.48. The average molecular weight is 335 g/mol. The fraction of sp³-hybridized carbons (Fsp3) is 0.500. The molecule has 1 aliphatic rings. The highest BCUT2D eigenvalue weighted by Gasteiger charge is 2.24. The summed E-state index contributed by atoms with van der Waals surface area (Å²) < 4.78 is 4.88. The van der Waals surface area contributed by atoms with E-state index < -0.39 is 10.9 Å². The average Bonchev–Trinajstić information content (AvgIpc) is 2.61. The van der Waals surface area contributed by atoms with Crippen LogP contribution in [0.25, 0.3) is 0 Å². The molecule has 0 unspecified atom stereocenters. The summed E-state index contributed by atoms with van der Waals surface area (Å²) in [5.41, 5.74) is -0.144. The summed E-state index contributed by atoms with van der Waals surface area (Å²) in [5.74, 6) is -0.981. The van der Waals surface area contributed by atoms with Crippen LogP contribution in [0.1, 0.15) is 34.6 Å². The van der Waals surface area contributed by atoms with Crippen LogP contribution in [0.2, 0.25) is 0 Å². The van der Waals surface area contributed by atoms with E-state index in [9.17, 15) is 19.7 Å². The van der Waals surface area contributed by atoms with Crippen LogP contribution in [0.4, 0.5) is 5.69 Å². The Labute approximate surface area is 140 Å². The number of nitro benzene ring substituents is 1. The first kappa shape index (κ1) is 17.9. The van der Waals surface area contributed by atoms with Crippen molar-refractivity contribution < 1.29 is 19.2 Å².